The first kappa shape index (κ1) is 9.28. The van der Waals surface area contributed by atoms with Gasteiger partial charge in [0.2, 0.25) is 0 Å². The fourth-order valence-electron chi connectivity index (χ4n) is 0.856. The molecule has 0 aromatic rings. The van der Waals surface area contributed by atoms with Crippen molar-refractivity contribution in [3.63, 3.8) is 0 Å². The van der Waals surface area contributed by atoms with Gasteiger partial charge in [-0.3, -0.25) is 5.43 Å². The van der Waals surface area contributed by atoms with Gasteiger partial charge >= 0.3 is 0 Å². The molecule has 1 rings (SSSR count). The quantitative estimate of drug-likeness (QED) is 0.604. The van der Waals surface area contributed by atoms with Gasteiger partial charge < -0.3 is 4.90 Å². The number of hydrazine groups is 2. The Morgan fingerprint density at radius 2 is 2.33 bits per heavy atom. The van der Waals surface area contributed by atoms with Gasteiger partial charge in [-0.15, -0.1) is 5.12 Å². The summed E-state index contributed by atoms with van der Waals surface area (Å²) in [6, 6.07) is 0.591. The second-order valence-corrected chi connectivity index (χ2v) is 3.21. The summed E-state index contributed by atoms with van der Waals surface area (Å²) in [4.78, 5) is 2.28. The SMILES string of the molecule is CC(C)N(C)CCN1NC=NN1. The molecule has 0 bridgehead atoms. The molecule has 0 saturated heterocycles. The third-order valence-corrected chi connectivity index (χ3v) is 2.01. The van der Waals surface area contributed by atoms with Crippen molar-refractivity contribution in [2.45, 2.75) is 19.9 Å². The summed E-state index contributed by atoms with van der Waals surface area (Å²) in [7, 11) is 2.11. The minimum Gasteiger partial charge on any atom is -0.303 e. The maximum atomic E-state index is 3.81. The zero-order valence-corrected chi connectivity index (χ0v) is 7.91. The second kappa shape index (κ2) is 4.27. The molecule has 0 spiro atoms. The molecule has 12 heavy (non-hydrogen) atoms. The lowest BCUT2D eigenvalue weighted by Gasteiger charge is -2.23. The lowest BCUT2D eigenvalue weighted by molar-refractivity contribution is 0.145. The number of hydrogen-bond donors (Lipinski definition) is 2. The smallest absolute Gasteiger partial charge is 0.126 e. The van der Waals surface area contributed by atoms with Gasteiger partial charge in [-0.05, 0) is 20.9 Å². The van der Waals surface area contributed by atoms with Crippen LogP contribution in [0.4, 0.5) is 0 Å². The molecular formula is C7H17N5. The first-order valence-electron chi connectivity index (χ1n) is 4.21. The lowest BCUT2D eigenvalue weighted by atomic mass is 10.3. The van der Waals surface area contributed by atoms with Crippen molar-refractivity contribution in [1.29, 1.82) is 0 Å². The molecule has 0 atom stereocenters. The highest BCUT2D eigenvalue weighted by Gasteiger charge is 2.08. The molecular weight excluding hydrogens is 154 g/mol. The Bertz CT molecular complexity index is 146. The zero-order chi connectivity index (χ0) is 8.97. The Balaban J connectivity index is 2.08. The van der Waals surface area contributed by atoms with Crippen molar-refractivity contribution in [3.05, 3.63) is 0 Å². The standard InChI is InChI=1S/C7H17N5/c1-7(2)11(3)4-5-12-9-6-8-10-12/h6-7,10H,4-5H2,1-3H3,(H,8,9). The fourth-order valence-corrected chi connectivity index (χ4v) is 0.856. The summed E-state index contributed by atoms with van der Waals surface area (Å²) in [5.74, 6) is 0. The van der Waals surface area contributed by atoms with Gasteiger partial charge in [0.05, 0.1) is 6.54 Å². The van der Waals surface area contributed by atoms with Crippen LogP contribution in [0, 0.1) is 0 Å². The Hall–Kier alpha value is -0.810. The Morgan fingerprint density at radius 1 is 1.58 bits per heavy atom. The van der Waals surface area contributed by atoms with Gasteiger partial charge in [-0.25, -0.2) is 5.53 Å². The molecule has 0 saturated carbocycles. The van der Waals surface area contributed by atoms with E-state index in [0.717, 1.165) is 13.1 Å². The molecule has 0 aromatic carbocycles. The predicted molar refractivity (Wildman–Crippen MR) is 49.2 cm³/mol. The van der Waals surface area contributed by atoms with E-state index in [4.69, 9.17) is 0 Å². The maximum absolute atomic E-state index is 3.81. The van der Waals surface area contributed by atoms with E-state index >= 15 is 0 Å². The van der Waals surface area contributed by atoms with E-state index in [1.807, 2.05) is 5.12 Å². The van der Waals surface area contributed by atoms with Crippen LogP contribution in [0.1, 0.15) is 13.8 Å². The number of hydrogen-bond acceptors (Lipinski definition) is 5. The van der Waals surface area contributed by atoms with E-state index in [2.05, 4.69) is 41.9 Å². The average molecular weight is 171 g/mol. The number of hydrazone groups is 1. The van der Waals surface area contributed by atoms with E-state index in [-0.39, 0.29) is 0 Å². The Kier molecular flexibility index (Phi) is 3.31. The Morgan fingerprint density at radius 3 is 2.83 bits per heavy atom. The van der Waals surface area contributed by atoms with Crippen LogP contribution in [0.3, 0.4) is 0 Å². The van der Waals surface area contributed by atoms with Crippen LogP contribution >= 0.6 is 0 Å². The molecule has 0 radical (unpaired) electrons. The summed E-state index contributed by atoms with van der Waals surface area (Å²) in [5.41, 5.74) is 5.77. The van der Waals surface area contributed by atoms with Crippen LogP contribution in [-0.2, 0) is 0 Å². The number of nitrogens with one attached hydrogen (secondary N) is 2. The van der Waals surface area contributed by atoms with E-state index in [1.54, 1.807) is 6.34 Å². The average Bonchev–Trinajstić information content (AvgIpc) is 2.51. The predicted octanol–water partition coefficient (Wildman–Crippen LogP) is -0.405. The topological polar surface area (TPSA) is 42.9 Å². The second-order valence-electron chi connectivity index (χ2n) is 3.21. The number of rotatable bonds is 4. The van der Waals surface area contributed by atoms with Gasteiger partial charge in [-0.2, -0.15) is 5.10 Å². The summed E-state index contributed by atoms with van der Waals surface area (Å²) < 4.78 is 0. The number of nitrogens with zero attached hydrogens (tertiary/aromatic N) is 3. The third kappa shape index (κ3) is 2.67. The summed E-state index contributed by atoms with van der Waals surface area (Å²) >= 11 is 0. The summed E-state index contributed by atoms with van der Waals surface area (Å²) in [6.45, 7) is 6.29. The molecule has 1 aliphatic heterocycles. The molecule has 0 unspecified atom stereocenters. The van der Waals surface area contributed by atoms with Crippen LogP contribution < -0.4 is 11.0 Å². The molecule has 1 aliphatic rings. The van der Waals surface area contributed by atoms with Crippen molar-refractivity contribution in [2.75, 3.05) is 20.1 Å². The van der Waals surface area contributed by atoms with E-state index in [1.165, 1.54) is 0 Å². The lowest BCUT2D eigenvalue weighted by Crippen LogP contribution is -2.44. The van der Waals surface area contributed by atoms with Crippen molar-refractivity contribution in [1.82, 2.24) is 21.0 Å². The first-order chi connectivity index (χ1) is 5.70. The Labute approximate surface area is 73.3 Å². The monoisotopic (exact) mass is 171 g/mol. The highest BCUT2D eigenvalue weighted by atomic mass is 15.9. The molecule has 2 N–H and O–H groups in total. The normalized spacial score (nSPS) is 17.1. The van der Waals surface area contributed by atoms with Gasteiger partial charge in [0.25, 0.3) is 0 Å². The first-order valence-corrected chi connectivity index (χ1v) is 4.21. The molecule has 70 valence electrons. The fraction of sp³-hybridized carbons (Fsp3) is 0.857. The molecule has 0 aliphatic carbocycles. The van der Waals surface area contributed by atoms with Crippen LogP contribution in [0.5, 0.6) is 0 Å². The maximum Gasteiger partial charge on any atom is 0.126 e. The third-order valence-electron chi connectivity index (χ3n) is 2.01. The van der Waals surface area contributed by atoms with Crippen LogP contribution in [-0.4, -0.2) is 42.5 Å². The summed E-state index contributed by atoms with van der Waals surface area (Å²) in [6.07, 6.45) is 1.63. The van der Waals surface area contributed by atoms with Gasteiger partial charge in [0.1, 0.15) is 6.34 Å². The minimum atomic E-state index is 0.591. The van der Waals surface area contributed by atoms with E-state index < -0.39 is 0 Å². The highest BCUT2D eigenvalue weighted by molar-refractivity contribution is 5.54. The zero-order valence-electron chi connectivity index (χ0n) is 7.91. The van der Waals surface area contributed by atoms with Crippen LogP contribution in [0.25, 0.3) is 0 Å². The summed E-state index contributed by atoms with van der Waals surface area (Å²) in [5, 5.41) is 5.65. The molecule has 0 amide bonds. The van der Waals surface area contributed by atoms with Gasteiger partial charge in [0, 0.05) is 12.6 Å². The van der Waals surface area contributed by atoms with Crippen molar-refractivity contribution in [2.24, 2.45) is 5.10 Å². The van der Waals surface area contributed by atoms with Gasteiger partial charge in [0.15, 0.2) is 0 Å². The number of likely N-dealkylation sites (N-methyl/N-ethyl adjacent to an activating group) is 1. The van der Waals surface area contributed by atoms with Gasteiger partial charge in [-0.1, -0.05) is 0 Å². The van der Waals surface area contributed by atoms with Crippen molar-refractivity contribution < 1.29 is 0 Å². The molecule has 0 aromatic heterocycles. The molecule has 5 nitrogen and oxygen atoms in total. The molecule has 0 fully saturated rings. The highest BCUT2D eigenvalue weighted by Crippen LogP contribution is 1.92. The van der Waals surface area contributed by atoms with E-state index in [0.29, 0.717) is 6.04 Å². The molecule has 1 heterocycles. The van der Waals surface area contributed by atoms with E-state index in [9.17, 15) is 0 Å². The van der Waals surface area contributed by atoms with Crippen molar-refractivity contribution in [3.8, 4) is 0 Å². The van der Waals surface area contributed by atoms with Crippen LogP contribution in [0.2, 0.25) is 0 Å². The van der Waals surface area contributed by atoms with Crippen molar-refractivity contribution >= 4 is 6.34 Å². The van der Waals surface area contributed by atoms with Crippen LogP contribution in [0.15, 0.2) is 5.10 Å². The largest absolute Gasteiger partial charge is 0.303 e. The minimum absolute atomic E-state index is 0.591. The molecule has 5 heteroatoms.